The second kappa shape index (κ2) is 73.3. The molecular formula is C81H142O17P2. The van der Waals surface area contributed by atoms with Crippen molar-refractivity contribution in [2.45, 2.75) is 354 Å². The minimum Gasteiger partial charge on any atom is -0.462 e. The number of carbonyl (C=O) groups excluding carboxylic acids is 4. The van der Waals surface area contributed by atoms with Crippen molar-refractivity contribution in [1.82, 2.24) is 0 Å². The van der Waals surface area contributed by atoms with Gasteiger partial charge < -0.3 is 33.8 Å². The van der Waals surface area contributed by atoms with Crippen molar-refractivity contribution in [3.05, 3.63) is 97.2 Å². The molecule has 19 heteroatoms. The standard InChI is InChI=1S/C81H142O17P2/c1-5-9-13-17-21-25-29-32-35-36-37-38-41-43-47-50-54-58-62-66-79(84)92-72-77(98-81(86)68-64-60-56-52-48-44-40-34-31-27-23-19-15-11-7-3)74-96-100(89,90)94-70-75(82)69-93-99(87,88)95-73-76(97-80(85)67-63-59-55-51-45-28-24-20-16-12-8-4)71-91-78(83)65-61-57-53-49-46-42-39-33-30-26-22-18-14-10-6-2/h11,15,21,23,25,27,32,34-35,37-38,40,48,52,60,64,75-77,82H,5-10,12-14,16-20,22,24,26,28-31,33,36,39,41-47,49-51,53-59,61-63,65-74H2,1-4H3,(H,87,88)(H,89,90)/b15-11-,25-21-,27-23-,35-32-,38-37-,40-34-,52-48-,64-60-. The van der Waals surface area contributed by atoms with Crippen LogP contribution in [-0.2, 0) is 65.4 Å². The molecule has 0 fully saturated rings. The summed E-state index contributed by atoms with van der Waals surface area (Å²) in [5.74, 6) is -2.32. The predicted octanol–water partition coefficient (Wildman–Crippen LogP) is 22.8. The molecule has 0 bridgehead atoms. The third kappa shape index (κ3) is 72.3. The van der Waals surface area contributed by atoms with Crippen LogP contribution in [0.3, 0.4) is 0 Å². The van der Waals surface area contributed by atoms with Crippen molar-refractivity contribution in [3.8, 4) is 0 Å². The van der Waals surface area contributed by atoms with E-state index in [0.717, 1.165) is 128 Å². The van der Waals surface area contributed by atoms with E-state index in [2.05, 4.69) is 101 Å². The molecule has 0 aliphatic heterocycles. The number of aliphatic hydroxyl groups is 1. The highest BCUT2D eigenvalue weighted by Crippen LogP contribution is 2.45. The first-order chi connectivity index (χ1) is 48.7. The van der Waals surface area contributed by atoms with E-state index < -0.39 is 97.5 Å². The molecule has 0 aliphatic carbocycles. The summed E-state index contributed by atoms with van der Waals surface area (Å²) in [5.41, 5.74) is 0. The summed E-state index contributed by atoms with van der Waals surface area (Å²) in [6.07, 6.45) is 77.1. The highest BCUT2D eigenvalue weighted by Gasteiger charge is 2.30. The molecule has 3 N–H and O–H groups in total. The average molecular weight is 1450 g/mol. The molecule has 0 saturated heterocycles. The molecule has 0 aromatic carbocycles. The Kier molecular flexibility index (Phi) is 70.4. The van der Waals surface area contributed by atoms with E-state index in [-0.39, 0.29) is 25.7 Å². The number of phosphoric ester groups is 2. The van der Waals surface area contributed by atoms with E-state index in [0.29, 0.717) is 25.7 Å². The summed E-state index contributed by atoms with van der Waals surface area (Å²) in [7, 11) is -9.97. The summed E-state index contributed by atoms with van der Waals surface area (Å²) >= 11 is 0. The van der Waals surface area contributed by atoms with Gasteiger partial charge in [0.25, 0.3) is 0 Å². The smallest absolute Gasteiger partial charge is 0.462 e. The highest BCUT2D eigenvalue weighted by molar-refractivity contribution is 7.47. The fraction of sp³-hybridized carbons (Fsp3) is 0.753. The highest BCUT2D eigenvalue weighted by atomic mass is 31.2. The molecule has 578 valence electrons. The number of unbranched alkanes of at least 4 members (excludes halogenated alkanes) is 33. The van der Waals surface area contributed by atoms with Crippen LogP contribution in [0.4, 0.5) is 0 Å². The van der Waals surface area contributed by atoms with Gasteiger partial charge >= 0.3 is 39.5 Å². The lowest BCUT2D eigenvalue weighted by molar-refractivity contribution is -0.161. The number of ether oxygens (including phenoxy) is 4. The zero-order chi connectivity index (χ0) is 73.2. The van der Waals surface area contributed by atoms with Gasteiger partial charge in [-0.05, 0) is 89.9 Å². The predicted molar refractivity (Wildman–Crippen MR) is 409 cm³/mol. The minimum atomic E-state index is -5.00. The summed E-state index contributed by atoms with van der Waals surface area (Å²) in [5, 5.41) is 10.6. The number of phosphoric acid groups is 2. The van der Waals surface area contributed by atoms with Crippen LogP contribution < -0.4 is 0 Å². The molecule has 0 radical (unpaired) electrons. The Morgan fingerprint density at radius 3 is 0.910 bits per heavy atom. The third-order valence-electron chi connectivity index (χ3n) is 16.6. The van der Waals surface area contributed by atoms with E-state index in [9.17, 15) is 43.2 Å². The van der Waals surface area contributed by atoms with Crippen LogP contribution in [0.25, 0.3) is 0 Å². The molecule has 0 amide bonds. The van der Waals surface area contributed by atoms with Gasteiger partial charge in [0.05, 0.1) is 32.8 Å². The van der Waals surface area contributed by atoms with Crippen molar-refractivity contribution < 1.29 is 80.2 Å². The molecular weight excluding hydrogens is 1310 g/mol. The number of carbonyl (C=O) groups is 4. The second-order valence-electron chi connectivity index (χ2n) is 26.3. The number of aliphatic hydroxyl groups excluding tert-OH is 1. The molecule has 100 heavy (non-hydrogen) atoms. The lowest BCUT2D eigenvalue weighted by Crippen LogP contribution is -2.30. The summed E-state index contributed by atoms with van der Waals surface area (Å²) in [6, 6.07) is 0. The lowest BCUT2D eigenvalue weighted by Gasteiger charge is -2.21. The Morgan fingerprint density at radius 1 is 0.300 bits per heavy atom. The molecule has 0 spiro atoms. The van der Waals surface area contributed by atoms with Crippen molar-refractivity contribution >= 4 is 39.5 Å². The zero-order valence-electron chi connectivity index (χ0n) is 63.1. The number of hydrogen-bond acceptors (Lipinski definition) is 15. The number of hydrogen-bond donors (Lipinski definition) is 3. The van der Waals surface area contributed by atoms with Crippen LogP contribution in [0.2, 0.25) is 0 Å². The molecule has 0 aromatic heterocycles. The molecule has 5 atom stereocenters. The quantitative estimate of drug-likeness (QED) is 0.0169. The molecule has 17 nitrogen and oxygen atoms in total. The van der Waals surface area contributed by atoms with Gasteiger partial charge in [-0.2, -0.15) is 0 Å². The van der Waals surface area contributed by atoms with Gasteiger partial charge in [0, 0.05) is 19.3 Å². The normalized spacial score (nSPS) is 14.4. The van der Waals surface area contributed by atoms with Gasteiger partial charge in [0.2, 0.25) is 0 Å². The van der Waals surface area contributed by atoms with E-state index in [4.69, 9.17) is 37.0 Å². The zero-order valence-corrected chi connectivity index (χ0v) is 64.9. The molecule has 0 aromatic rings. The SMILES string of the molecule is CC/C=C\C/C=C\C/C=C\C/C=C\C/C=C\CC(=O)OC(COC(=O)CCCCCCCC/C=C\C/C=C\C/C=C\CCCCC)COP(=O)(O)OCC(O)COP(=O)(O)OCC(COC(=O)CCCCCCCCCCCCCCCCC)OC(=O)CCCCCCCCCCCCC. The van der Waals surface area contributed by atoms with Crippen LogP contribution in [0.1, 0.15) is 336 Å². The first-order valence-electron chi connectivity index (χ1n) is 39.5. The molecule has 5 unspecified atom stereocenters. The average Bonchev–Trinajstić information content (AvgIpc) is 0.926. The second-order valence-corrected chi connectivity index (χ2v) is 29.2. The first-order valence-corrected chi connectivity index (χ1v) is 42.5. The summed E-state index contributed by atoms with van der Waals surface area (Å²) in [6.45, 7) is 4.64. The van der Waals surface area contributed by atoms with Crippen molar-refractivity contribution in [2.24, 2.45) is 0 Å². The van der Waals surface area contributed by atoms with Crippen LogP contribution in [0.5, 0.6) is 0 Å². The largest absolute Gasteiger partial charge is 0.472 e. The minimum absolute atomic E-state index is 0.0974. The van der Waals surface area contributed by atoms with E-state index >= 15 is 0 Å². The third-order valence-corrected chi connectivity index (χ3v) is 18.5. The van der Waals surface area contributed by atoms with Gasteiger partial charge in [0.15, 0.2) is 12.2 Å². The molecule has 0 saturated carbocycles. The summed E-state index contributed by atoms with van der Waals surface area (Å²) in [4.78, 5) is 72.8. The first kappa shape index (κ1) is 96.0. The van der Waals surface area contributed by atoms with Crippen LogP contribution in [0.15, 0.2) is 97.2 Å². The van der Waals surface area contributed by atoms with E-state index in [1.807, 2.05) is 12.2 Å². The number of allylic oxidation sites excluding steroid dienone is 15. The fourth-order valence-electron chi connectivity index (χ4n) is 10.6. The maximum absolute atomic E-state index is 13.1. The molecule has 0 aliphatic rings. The fourth-order valence-corrected chi connectivity index (χ4v) is 12.2. The van der Waals surface area contributed by atoms with Crippen molar-refractivity contribution in [1.29, 1.82) is 0 Å². The van der Waals surface area contributed by atoms with E-state index in [1.165, 1.54) is 128 Å². The van der Waals surface area contributed by atoms with E-state index in [1.54, 1.807) is 12.2 Å². The topological polar surface area (TPSA) is 237 Å². The maximum atomic E-state index is 13.1. The lowest BCUT2D eigenvalue weighted by atomic mass is 10.0. The van der Waals surface area contributed by atoms with Crippen molar-refractivity contribution in [2.75, 3.05) is 39.6 Å². The Morgan fingerprint density at radius 2 is 0.560 bits per heavy atom. The van der Waals surface area contributed by atoms with Crippen LogP contribution >= 0.6 is 15.6 Å². The Balaban J connectivity index is 5.37. The van der Waals surface area contributed by atoms with Crippen LogP contribution in [-0.4, -0.2) is 96.7 Å². The Hall–Kier alpha value is -4.02. The Labute approximate surface area is 607 Å². The number of rotatable bonds is 74. The van der Waals surface area contributed by atoms with Crippen LogP contribution in [0, 0.1) is 0 Å². The maximum Gasteiger partial charge on any atom is 0.472 e. The van der Waals surface area contributed by atoms with Gasteiger partial charge in [-0.1, -0.05) is 318 Å². The Bertz CT molecular complexity index is 2270. The number of esters is 4. The molecule has 0 rings (SSSR count). The van der Waals surface area contributed by atoms with Crippen molar-refractivity contribution in [3.63, 3.8) is 0 Å². The van der Waals surface area contributed by atoms with Gasteiger partial charge in [-0.15, -0.1) is 0 Å². The molecule has 0 heterocycles. The monoisotopic (exact) mass is 1450 g/mol. The van der Waals surface area contributed by atoms with Gasteiger partial charge in [-0.3, -0.25) is 37.3 Å². The van der Waals surface area contributed by atoms with Gasteiger partial charge in [0.1, 0.15) is 19.3 Å². The summed E-state index contributed by atoms with van der Waals surface area (Å²) < 4.78 is 68.4. The van der Waals surface area contributed by atoms with Gasteiger partial charge in [-0.25, -0.2) is 9.13 Å².